The van der Waals surface area contributed by atoms with Gasteiger partial charge in [-0.2, -0.15) is 0 Å². The molecule has 1 N–H and O–H groups in total. The molecule has 0 aliphatic heterocycles. The minimum absolute atomic E-state index is 0.230. The van der Waals surface area contributed by atoms with Crippen molar-refractivity contribution in [1.82, 2.24) is 10.2 Å². The summed E-state index contributed by atoms with van der Waals surface area (Å²) in [4.78, 5) is 2.74. The van der Waals surface area contributed by atoms with E-state index in [0.29, 0.717) is 12.1 Å². The van der Waals surface area contributed by atoms with E-state index in [1.807, 2.05) is 0 Å². The third-order valence-corrected chi connectivity index (χ3v) is 3.79. The van der Waals surface area contributed by atoms with Crippen molar-refractivity contribution in [2.75, 3.05) is 13.1 Å². The maximum atomic E-state index is 3.69. The zero-order valence-corrected chi connectivity index (χ0v) is 13.4. The first-order valence-corrected chi connectivity index (χ1v) is 7.84. The SMILES string of the molecule is CCCC(CNC(C)(C)C)N(CC1CC1)C(C)C. The second kappa shape index (κ2) is 6.91. The van der Waals surface area contributed by atoms with Crippen LogP contribution in [0.3, 0.4) is 0 Å². The van der Waals surface area contributed by atoms with Gasteiger partial charge in [-0.05, 0) is 59.8 Å². The van der Waals surface area contributed by atoms with Gasteiger partial charge in [0.05, 0.1) is 0 Å². The Labute approximate surface area is 115 Å². The molecule has 0 aromatic heterocycles. The van der Waals surface area contributed by atoms with Crippen molar-refractivity contribution in [3.8, 4) is 0 Å². The molecule has 2 heteroatoms. The van der Waals surface area contributed by atoms with Gasteiger partial charge < -0.3 is 5.32 Å². The molecule has 1 unspecified atom stereocenters. The average molecular weight is 254 g/mol. The molecule has 0 spiro atoms. The lowest BCUT2D eigenvalue weighted by Crippen LogP contribution is -2.50. The molecule has 0 saturated heterocycles. The van der Waals surface area contributed by atoms with E-state index in [1.165, 1.54) is 32.2 Å². The van der Waals surface area contributed by atoms with Crippen LogP contribution in [-0.4, -0.2) is 35.6 Å². The molecule has 1 aliphatic carbocycles. The van der Waals surface area contributed by atoms with Crippen LogP contribution in [0.5, 0.6) is 0 Å². The first kappa shape index (κ1) is 16.0. The second-order valence-electron chi connectivity index (χ2n) is 7.31. The van der Waals surface area contributed by atoms with Crippen LogP contribution in [0.1, 0.15) is 67.2 Å². The quantitative estimate of drug-likeness (QED) is 0.711. The minimum atomic E-state index is 0.230. The molecule has 2 nitrogen and oxygen atoms in total. The van der Waals surface area contributed by atoms with Crippen LogP contribution < -0.4 is 5.32 Å². The van der Waals surface area contributed by atoms with E-state index in [2.05, 4.69) is 51.8 Å². The smallest absolute Gasteiger partial charge is 0.0223 e. The fourth-order valence-electron chi connectivity index (χ4n) is 2.52. The highest BCUT2D eigenvalue weighted by atomic mass is 15.2. The summed E-state index contributed by atoms with van der Waals surface area (Å²) in [5.74, 6) is 0.987. The fourth-order valence-corrected chi connectivity index (χ4v) is 2.52. The highest BCUT2D eigenvalue weighted by Crippen LogP contribution is 2.31. The van der Waals surface area contributed by atoms with Gasteiger partial charge in [-0.15, -0.1) is 0 Å². The Morgan fingerprint density at radius 3 is 2.22 bits per heavy atom. The summed E-state index contributed by atoms with van der Waals surface area (Å²) in [6, 6.07) is 1.37. The fraction of sp³-hybridized carbons (Fsp3) is 1.00. The lowest BCUT2D eigenvalue weighted by molar-refractivity contribution is 0.129. The van der Waals surface area contributed by atoms with Gasteiger partial charge in [0, 0.05) is 30.7 Å². The van der Waals surface area contributed by atoms with Crippen LogP contribution in [-0.2, 0) is 0 Å². The number of nitrogens with one attached hydrogen (secondary N) is 1. The Kier molecular flexibility index (Phi) is 6.13. The molecule has 0 aromatic rings. The summed E-state index contributed by atoms with van der Waals surface area (Å²) >= 11 is 0. The van der Waals surface area contributed by atoms with Crippen molar-refractivity contribution in [3.63, 3.8) is 0 Å². The zero-order valence-electron chi connectivity index (χ0n) is 13.4. The van der Waals surface area contributed by atoms with Gasteiger partial charge in [-0.1, -0.05) is 13.3 Å². The molecule has 0 amide bonds. The molecule has 0 bridgehead atoms. The molecule has 0 radical (unpaired) electrons. The normalized spacial score (nSPS) is 18.7. The van der Waals surface area contributed by atoms with Gasteiger partial charge in [0.15, 0.2) is 0 Å². The van der Waals surface area contributed by atoms with Crippen LogP contribution in [0.25, 0.3) is 0 Å². The molecule has 1 fully saturated rings. The second-order valence-corrected chi connectivity index (χ2v) is 7.31. The minimum Gasteiger partial charge on any atom is -0.311 e. The molecular formula is C16H34N2. The van der Waals surface area contributed by atoms with Crippen molar-refractivity contribution in [2.24, 2.45) is 5.92 Å². The van der Waals surface area contributed by atoms with Crippen LogP contribution in [0.4, 0.5) is 0 Å². The van der Waals surface area contributed by atoms with Crippen LogP contribution in [0, 0.1) is 5.92 Å². The highest BCUT2D eigenvalue weighted by molar-refractivity contribution is 4.85. The predicted octanol–water partition coefficient (Wildman–Crippen LogP) is 3.66. The molecule has 18 heavy (non-hydrogen) atoms. The predicted molar refractivity (Wildman–Crippen MR) is 81.0 cm³/mol. The molecule has 1 atom stereocenters. The Balaban J connectivity index is 2.54. The van der Waals surface area contributed by atoms with Gasteiger partial charge >= 0.3 is 0 Å². The summed E-state index contributed by atoms with van der Waals surface area (Å²) in [5, 5.41) is 3.69. The summed E-state index contributed by atoms with van der Waals surface area (Å²) in [5.41, 5.74) is 0.230. The average Bonchev–Trinajstić information content (AvgIpc) is 3.03. The van der Waals surface area contributed by atoms with Crippen molar-refractivity contribution in [1.29, 1.82) is 0 Å². The Morgan fingerprint density at radius 2 is 1.83 bits per heavy atom. The van der Waals surface area contributed by atoms with E-state index in [1.54, 1.807) is 0 Å². The largest absolute Gasteiger partial charge is 0.311 e. The topological polar surface area (TPSA) is 15.3 Å². The number of rotatable bonds is 8. The van der Waals surface area contributed by atoms with Crippen LogP contribution in [0.15, 0.2) is 0 Å². The maximum absolute atomic E-state index is 3.69. The van der Waals surface area contributed by atoms with Crippen molar-refractivity contribution < 1.29 is 0 Å². The Morgan fingerprint density at radius 1 is 1.22 bits per heavy atom. The standard InChI is InChI=1S/C16H34N2/c1-7-8-15(11-17-16(4,5)6)18(13(2)3)12-14-9-10-14/h13-15,17H,7-12H2,1-6H3. The zero-order chi connectivity index (χ0) is 13.8. The number of hydrogen-bond acceptors (Lipinski definition) is 2. The summed E-state index contributed by atoms with van der Waals surface area (Å²) in [7, 11) is 0. The lowest BCUT2D eigenvalue weighted by Gasteiger charge is -2.37. The molecule has 0 heterocycles. The van der Waals surface area contributed by atoms with Gasteiger partial charge in [-0.25, -0.2) is 0 Å². The van der Waals surface area contributed by atoms with E-state index >= 15 is 0 Å². The van der Waals surface area contributed by atoms with Gasteiger partial charge in [0.2, 0.25) is 0 Å². The number of nitrogens with zero attached hydrogens (tertiary/aromatic N) is 1. The van der Waals surface area contributed by atoms with Crippen LogP contribution in [0.2, 0.25) is 0 Å². The lowest BCUT2D eigenvalue weighted by atomic mass is 10.0. The molecular weight excluding hydrogens is 220 g/mol. The van der Waals surface area contributed by atoms with E-state index in [4.69, 9.17) is 0 Å². The van der Waals surface area contributed by atoms with Gasteiger partial charge in [0.1, 0.15) is 0 Å². The third-order valence-electron chi connectivity index (χ3n) is 3.79. The van der Waals surface area contributed by atoms with Gasteiger partial charge in [0.25, 0.3) is 0 Å². The van der Waals surface area contributed by atoms with Crippen molar-refractivity contribution in [2.45, 2.75) is 84.8 Å². The first-order valence-electron chi connectivity index (χ1n) is 7.84. The first-order chi connectivity index (χ1) is 8.33. The Bertz CT molecular complexity index is 226. The molecule has 1 saturated carbocycles. The highest BCUT2D eigenvalue weighted by Gasteiger charge is 2.29. The monoisotopic (exact) mass is 254 g/mol. The molecule has 1 aliphatic rings. The van der Waals surface area contributed by atoms with Crippen molar-refractivity contribution >= 4 is 0 Å². The molecule has 0 aromatic carbocycles. The Hall–Kier alpha value is -0.0800. The van der Waals surface area contributed by atoms with E-state index in [9.17, 15) is 0 Å². The van der Waals surface area contributed by atoms with Gasteiger partial charge in [-0.3, -0.25) is 4.90 Å². The van der Waals surface area contributed by atoms with Crippen LogP contribution >= 0.6 is 0 Å². The molecule has 108 valence electrons. The summed E-state index contributed by atoms with van der Waals surface area (Å²) < 4.78 is 0. The van der Waals surface area contributed by atoms with E-state index in [0.717, 1.165) is 12.5 Å². The maximum Gasteiger partial charge on any atom is 0.0223 e. The number of hydrogen-bond donors (Lipinski definition) is 1. The van der Waals surface area contributed by atoms with E-state index < -0.39 is 0 Å². The van der Waals surface area contributed by atoms with Crippen molar-refractivity contribution in [3.05, 3.63) is 0 Å². The summed E-state index contributed by atoms with van der Waals surface area (Å²) in [6.07, 6.45) is 5.50. The van der Waals surface area contributed by atoms with E-state index in [-0.39, 0.29) is 5.54 Å². The molecule has 1 rings (SSSR count). The summed E-state index contributed by atoms with van der Waals surface area (Å²) in [6.45, 7) is 16.2. The third kappa shape index (κ3) is 6.19.